The Morgan fingerprint density at radius 1 is 1.41 bits per heavy atom. The number of pyridine rings is 1. The molecule has 0 radical (unpaired) electrons. The second kappa shape index (κ2) is 4.63. The molecular formula is C12H14ClN3O. The maximum absolute atomic E-state index is 5.91. The van der Waals surface area contributed by atoms with Crippen LogP contribution in [0.3, 0.4) is 0 Å². The lowest BCUT2D eigenvalue weighted by molar-refractivity contribution is 0.0157. The fraction of sp³-hybridized carbons (Fsp3) is 0.500. The Hall–Kier alpha value is -1.13. The number of fused-ring (bicyclic) bond motifs is 1. The summed E-state index contributed by atoms with van der Waals surface area (Å²) >= 11 is 5.91. The van der Waals surface area contributed by atoms with Gasteiger partial charge in [-0.2, -0.15) is 5.10 Å². The fourth-order valence-corrected chi connectivity index (χ4v) is 2.32. The first kappa shape index (κ1) is 11.0. The van der Waals surface area contributed by atoms with E-state index in [2.05, 4.69) is 10.1 Å². The van der Waals surface area contributed by atoms with Crippen LogP contribution in [0.5, 0.6) is 0 Å². The lowest BCUT2D eigenvalue weighted by Crippen LogP contribution is -2.21. The molecule has 1 unspecified atom stereocenters. The van der Waals surface area contributed by atoms with Crippen molar-refractivity contribution in [1.82, 2.24) is 14.6 Å². The van der Waals surface area contributed by atoms with Crippen molar-refractivity contribution >= 4 is 17.2 Å². The number of hydrogen-bond acceptors (Lipinski definition) is 3. The van der Waals surface area contributed by atoms with Gasteiger partial charge in [-0.15, -0.1) is 0 Å². The van der Waals surface area contributed by atoms with Gasteiger partial charge in [-0.05, 0) is 31.4 Å². The Morgan fingerprint density at radius 3 is 3.18 bits per heavy atom. The van der Waals surface area contributed by atoms with E-state index in [0.717, 1.165) is 30.9 Å². The molecule has 2 aromatic heterocycles. The van der Waals surface area contributed by atoms with Gasteiger partial charge >= 0.3 is 0 Å². The molecule has 2 aromatic rings. The lowest BCUT2D eigenvalue weighted by Gasteiger charge is -2.20. The first-order valence-electron chi connectivity index (χ1n) is 5.94. The van der Waals surface area contributed by atoms with Crippen molar-refractivity contribution in [2.75, 3.05) is 6.61 Å². The van der Waals surface area contributed by atoms with Crippen LogP contribution in [0.2, 0.25) is 5.02 Å². The summed E-state index contributed by atoms with van der Waals surface area (Å²) in [5.74, 6) is 0.833. The largest absolute Gasteiger partial charge is 0.378 e. The van der Waals surface area contributed by atoms with Crippen molar-refractivity contribution < 1.29 is 4.74 Å². The number of ether oxygens (including phenoxy) is 1. The summed E-state index contributed by atoms with van der Waals surface area (Å²) in [5.41, 5.74) is 0.834. The monoisotopic (exact) mass is 251 g/mol. The summed E-state index contributed by atoms with van der Waals surface area (Å²) < 4.78 is 7.41. The number of nitrogens with zero attached hydrogens (tertiary/aromatic N) is 3. The molecule has 90 valence electrons. The highest BCUT2D eigenvalue weighted by atomic mass is 35.5. The van der Waals surface area contributed by atoms with Crippen molar-refractivity contribution in [2.24, 2.45) is 0 Å². The van der Waals surface area contributed by atoms with Crippen LogP contribution >= 0.6 is 11.6 Å². The second-order valence-electron chi connectivity index (χ2n) is 4.37. The maximum Gasteiger partial charge on any atom is 0.155 e. The number of rotatable bonds is 2. The molecule has 1 saturated heterocycles. The molecule has 0 saturated carbocycles. The van der Waals surface area contributed by atoms with Crippen LogP contribution in [-0.2, 0) is 11.2 Å². The van der Waals surface area contributed by atoms with Crippen LogP contribution in [0.15, 0.2) is 18.3 Å². The number of hydrogen-bond donors (Lipinski definition) is 0. The van der Waals surface area contributed by atoms with E-state index in [1.165, 1.54) is 12.8 Å². The van der Waals surface area contributed by atoms with E-state index in [1.54, 1.807) is 10.7 Å². The number of halogens is 1. The van der Waals surface area contributed by atoms with Gasteiger partial charge in [0.25, 0.3) is 0 Å². The molecule has 0 aromatic carbocycles. The van der Waals surface area contributed by atoms with E-state index in [-0.39, 0.29) is 6.10 Å². The maximum atomic E-state index is 5.91. The first-order valence-corrected chi connectivity index (χ1v) is 6.31. The zero-order valence-electron chi connectivity index (χ0n) is 9.47. The molecule has 1 aliphatic heterocycles. The zero-order chi connectivity index (χ0) is 11.7. The summed E-state index contributed by atoms with van der Waals surface area (Å²) in [5, 5.41) is 5.08. The Balaban J connectivity index is 1.80. The van der Waals surface area contributed by atoms with Crippen molar-refractivity contribution in [3.05, 3.63) is 29.2 Å². The molecule has 0 bridgehead atoms. The van der Waals surface area contributed by atoms with Gasteiger partial charge in [0, 0.05) is 19.2 Å². The Kier molecular flexibility index (Phi) is 2.99. The second-order valence-corrected chi connectivity index (χ2v) is 4.81. The molecule has 1 fully saturated rings. The predicted molar refractivity (Wildman–Crippen MR) is 65.3 cm³/mol. The smallest absolute Gasteiger partial charge is 0.155 e. The van der Waals surface area contributed by atoms with E-state index in [0.29, 0.717) is 5.02 Å². The standard InChI is InChI=1S/C12H14ClN3O/c13-9-4-5-12-14-11(15-16(12)8-9)7-10-3-1-2-6-17-10/h4-5,8,10H,1-3,6-7H2. The highest BCUT2D eigenvalue weighted by molar-refractivity contribution is 6.30. The minimum absolute atomic E-state index is 0.275. The Labute approximate surface area is 105 Å². The van der Waals surface area contributed by atoms with Crippen molar-refractivity contribution in [2.45, 2.75) is 31.8 Å². The van der Waals surface area contributed by atoms with E-state index in [1.807, 2.05) is 12.1 Å². The molecule has 3 rings (SSSR count). The van der Waals surface area contributed by atoms with Crippen molar-refractivity contribution in [3.8, 4) is 0 Å². The van der Waals surface area contributed by atoms with Crippen LogP contribution in [0.25, 0.3) is 5.65 Å². The predicted octanol–water partition coefficient (Wildman–Crippen LogP) is 2.49. The molecule has 0 N–H and O–H groups in total. The summed E-state index contributed by atoms with van der Waals surface area (Å²) in [6.45, 7) is 0.865. The highest BCUT2D eigenvalue weighted by Crippen LogP contribution is 2.16. The molecule has 0 aliphatic carbocycles. The van der Waals surface area contributed by atoms with Gasteiger partial charge in [-0.25, -0.2) is 9.50 Å². The van der Waals surface area contributed by atoms with E-state index < -0.39 is 0 Å². The third-order valence-electron chi connectivity index (χ3n) is 3.02. The molecule has 1 aliphatic rings. The van der Waals surface area contributed by atoms with Gasteiger partial charge < -0.3 is 4.74 Å². The summed E-state index contributed by atoms with van der Waals surface area (Å²) in [7, 11) is 0. The first-order chi connectivity index (χ1) is 8.31. The highest BCUT2D eigenvalue weighted by Gasteiger charge is 2.16. The summed E-state index contributed by atoms with van der Waals surface area (Å²) in [4.78, 5) is 4.46. The summed E-state index contributed by atoms with van der Waals surface area (Å²) in [6, 6.07) is 3.70. The molecule has 3 heterocycles. The molecular weight excluding hydrogens is 238 g/mol. The van der Waals surface area contributed by atoms with Crippen LogP contribution in [-0.4, -0.2) is 27.3 Å². The van der Waals surface area contributed by atoms with E-state index >= 15 is 0 Å². The zero-order valence-corrected chi connectivity index (χ0v) is 10.2. The van der Waals surface area contributed by atoms with E-state index in [9.17, 15) is 0 Å². The van der Waals surface area contributed by atoms with Gasteiger partial charge in [0.2, 0.25) is 0 Å². The topological polar surface area (TPSA) is 39.4 Å². The molecule has 0 spiro atoms. The molecule has 0 amide bonds. The SMILES string of the molecule is Clc1ccc2nc(CC3CCCCO3)nn2c1. The third-order valence-corrected chi connectivity index (χ3v) is 3.25. The molecule has 1 atom stereocenters. The van der Waals surface area contributed by atoms with Crippen LogP contribution in [0.4, 0.5) is 0 Å². The van der Waals surface area contributed by atoms with Crippen LogP contribution < -0.4 is 0 Å². The molecule has 17 heavy (non-hydrogen) atoms. The molecule has 5 heteroatoms. The van der Waals surface area contributed by atoms with E-state index in [4.69, 9.17) is 16.3 Å². The van der Waals surface area contributed by atoms with Gasteiger partial charge in [0.1, 0.15) is 0 Å². The minimum atomic E-state index is 0.275. The quantitative estimate of drug-likeness (QED) is 0.823. The van der Waals surface area contributed by atoms with Gasteiger partial charge in [0.05, 0.1) is 11.1 Å². The third kappa shape index (κ3) is 2.42. The minimum Gasteiger partial charge on any atom is -0.378 e. The van der Waals surface area contributed by atoms with Gasteiger partial charge in [-0.3, -0.25) is 0 Å². The molecule has 4 nitrogen and oxygen atoms in total. The van der Waals surface area contributed by atoms with Crippen molar-refractivity contribution in [3.63, 3.8) is 0 Å². The summed E-state index contributed by atoms with van der Waals surface area (Å²) in [6.07, 6.45) is 6.36. The Morgan fingerprint density at radius 2 is 2.35 bits per heavy atom. The lowest BCUT2D eigenvalue weighted by atomic mass is 10.1. The van der Waals surface area contributed by atoms with Gasteiger partial charge in [-0.1, -0.05) is 11.6 Å². The Bertz CT molecular complexity index is 519. The fourth-order valence-electron chi connectivity index (χ4n) is 2.16. The normalized spacial score (nSPS) is 20.9. The number of aromatic nitrogens is 3. The van der Waals surface area contributed by atoms with Crippen molar-refractivity contribution in [1.29, 1.82) is 0 Å². The van der Waals surface area contributed by atoms with Crippen LogP contribution in [0, 0.1) is 0 Å². The van der Waals surface area contributed by atoms with Crippen LogP contribution in [0.1, 0.15) is 25.1 Å². The van der Waals surface area contributed by atoms with Gasteiger partial charge in [0.15, 0.2) is 11.5 Å². The average Bonchev–Trinajstić information content (AvgIpc) is 2.71. The average molecular weight is 252 g/mol.